The van der Waals surface area contributed by atoms with Crippen LogP contribution in [0.3, 0.4) is 0 Å². The Balaban J connectivity index is 2.30. The second-order valence-electron chi connectivity index (χ2n) is 4.58. The molecule has 0 aromatic carbocycles. The molecule has 0 atom stereocenters. The number of aryl methyl sites for hydroxylation is 2. The molecule has 0 radical (unpaired) electrons. The summed E-state index contributed by atoms with van der Waals surface area (Å²) in [7, 11) is 0. The van der Waals surface area contributed by atoms with Gasteiger partial charge in [-0.25, -0.2) is 0 Å². The van der Waals surface area contributed by atoms with E-state index < -0.39 is 0 Å². The Hall–Kier alpha value is -1.01. The minimum Gasteiger partial charge on any atom is -0.268 e. The number of halogens is 1. The zero-order chi connectivity index (χ0) is 11.8. The molecule has 1 fully saturated rings. The molecule has 16 heavy (non-hydrogen) atoms. The average Bonchev–Trinajstić information content (AvgIpc) is 2.50. The maximum absolute atomic E-state index is 9.24. The third-order valence-electron chi connectivity index (χ3n) is 3.51. The van der Waals surface area contributed by atoms with Gasteiger partial charge in [0, 0.05) is 13.0 Å². The standard InChI is InChI=1S/C12H16ClN3/c1-3-16-10(11(13)9(2)15-16)7-12(8-14)5-4-6-12/h3-7H2,1-2H3. The van der Waals surface area contributed by atoms with E-state index in [2.05, 4.69) is 11.2 Å². The smallest absolute Gasteiger partial charge is 0.0847 e. The summed E-state index contributed by atoms with van der Waals surface area (Å²) in [4.78, 5) is 0. The van der Waals surface area contributed by atoms with Crippen molar-refractivity contribution in [1.82, 2.24) is 9.78 Å². The largest absolute Gasteiger partial charge is 0.268 e. The summed E-state index contributed by atoms with van der Waals surface area (Å²) >= 11 is 6.24. The van der Waals surface area contributed by atoms with Crippen molar-refractivity contribution in [3.63, 3.8) is 0 Å². The molecule has 1 aliphatic rings. The molecular formula is C12H16ClN3. The van der Waals surface area contributed by atoms with Gasteiger partial charge in [-0.05, 0) is 26.7 Å². The molecule has 1 aromatic heterocycles. The van der Waals surface area contributed by atoms with Crippen LogP contribution in [0.1, 0.15) is 37.6 Å². The van der Waals surface area contributed by atoms with Crippen LogP contribution in [-0.2, 0) is 13.0 Å². The molecule has 4 heteroatoms. The van der Waals surface area contributed by atoms with Crippen molar-refractivity contribution in [3.05, 3.63) is 16.4 Å². The van der Waals surface area contributed by atoms with Gasteiger partial charge in [0.15, 0.2) is 0 Å². The maximum atomic E-state index is 9.24. The highest BCUT2D eigenvalue weighted by molar-refractivity contribution is 6.31. The molecule has 0 saturated heterocycles. The van der Waals surface area contributed by atoms with E-state index in [0.717, 1.165) is 48.6 Å². The van der Waals surface area contributed by atoms with E-state index in [4.69, 9.17) is 11.6 Å². The molecular weight excluding hydrogens is 222 g/mol. The second kappa shape index (κ2) is 4.10. The summed E-state index contributed by atoms with van der Waals surface area (Å²) in [6.07, 6.45) is 3.89. The van der Waals surface area contributed by atoms with Gasteiger partial charge in [0.25, 0.3) is 0 Å². The van der Waals surface area contributed by atoms with Gasteiger partial charge in [0.1, 0.15) is 0 Å². The highest BCUT2D eigenvalue weighted by Crippen LogP contribution is 2.44. The van der Waals surface area contributed by atoms with Crippen LogP contribution in [0.25, 0.3) is 0 Å². The number of aromatic nitrogens is 2. The lowest BCUT2D eigenvalue weighted by Gasteiger charge is -2.35. The molecule has 0 unspecified atom stereocenters. The average molecular weight is 238 g/mol. The van der Waals surface area contributed by atoms with E-state index in [1.807, 2.05) is 18.5 Å². The predicted octanol–water partition coefficient (Wildman–Crippen LogP) is 3.10. The van der Waals surface area contributed by atoms with Crippen molar-refractivity contribution in [1.29, 1.82) is 5.26 Å². The van der Waals surface area contributed by atoms with E-state index in [0.29, 0.717) is 0 Å². The zero-order valence-electron chi connectivity index (χ0n) is 9.76. The normalized spacial score (nSPS) is 17.9. The molecule has 2 rings (SSSR count). The first-order valence-corrected chi connectivity index (χ1v) is 6.13. The fraction of sp³-hybridized carbons (Fsp3) is 0.667. The molecule has 1 heterocycles. The monoisotopic (exact) mass is 237 g/mol. The van der Waals surface area contributed by atoms with Gasteiger partial charge in [-0.15, -0.1) is 0 Å². The first-order valence-electron chi connectivity index (χ1n) is 5.75. The topological polar surface area (TPSA) is 41.6 Å². The number of rotatable bonds is 3. The Morgan fingerprint density at radius 2 is 2.25 bits per heavy atom. The van der Waals surface area contributed by atoms with Crippen molar-refractivity contribution < 1.29 is 0 Å². The van der Waals surface area contributed by atoms with Gasteiger partial charge in [-0.3, -0.25) is 4.68 Å². The molecule has 1 saturated carbocycles. The molecule has 0 bridgehead atoms. The fourth-order valence-electron chi connectivity index (χ4n) is 2.29. The van der Waals surface area contributed by atoms with Gasteiger partial charge in [-0.2, -0.15) is 10.4 Å². The molecule has 0 aliphatic heterocycles. The minimum atomic E-state index is -0.178. The van der Waals surface area contributed by atoms with Crippen LogP contribution in [0.5, 0.6) is 0 Å². The third-order valence-corrected chi connectivity index (χ3v) is 4.00. The molecule has 3 nitrogen and oxygen atoms in total. The lowest BCUT2D eigenvalue weighted by Crippen LogP contribution is -2.31. The van der Waals surface area contributed by atoms with Crippen LogP contribution in [0.2, 0.25) is 5.02 Å². The molecule has 0 amide bonds. The lowest BCUT2D eigenvalue weighted by molar-refractivity contribution is 0.209. The van der Waals surface area contributed by atoms with Crippen LogP contribution in [0.15, 0.2) is 0 Å². The highest BCUT2D eigenvalue weighted by Gasteiger charge is 2.39. The van der Waals surface area contributed by atoms with E-state index in [1.54, 1.807) is 0 Å². The Bertz CT molecular complexity index is 438. The number of hydrogen-bond donors (Lipinski definition) is 0. The van der Waals surface area contributed by atoms with Gasteiger partial charge in [-0.1, -0.05) is 18.0 Å². The summed E-state index contributed by atoms with van der Waals surface area (Å²) < 4.78 is 1.93. The minimum absolute atomic E-state index is 0.178. The van der Waals surface area contributed by atoms with Gasteiger partial charge < -0.3 is 0 Å². The summed E-state index contributed by atoms with van der Waals surface area (Å²) in [6, 6.07) is 2.45. The summed E-state index contributed by atoms with van der Waals surface area (Å²) in [6.45, 7) is 4.77. The van der Waals surface area contributed by atoms with Crippen LogP contribution in [-0.4, -0.2) is 9.78 Å². The molecule has 86 valence electrons. The van der Waals surface area contributed by atoms with Crippen LogP contribution in [0, 0.1) is 23.7 Å². The van der Waals surface area contributed by atoms with Crippen molar-refractivity contribution >= 4 is 11.6 Å². The zero-order valence-corrected chi connectivity index (χ0v) is 10.5. The Morgan fingerprint density at radius 1 is 1.56 bits per heavy atom. The van der Waals surface area contributed by atoms with Gasteiger partial charge >= 0.3 is 0 Å². The highest BCUT2D eigenvalue weighted by atomic mass is 35.5. The lowest BCUT2D eigenvalue weighted by atomic mass is 9.67. The number of hydrogen-bond acceptors (Lipinski definition) is 2. The van der Waals surface area contributed by atoms with Crippen LogP contribution < -0.4 is 0 Å². The van der Waals surface area contributed by atoms with Crippen molar-refractivity contribution in [2.75, 3.05) is 0 Å². The molecule has 1 aliphatic carbocycles. The van der Waals surface area contributed by atoms with E-state index in [1.165, 1.54) is 0 Å². The Morgan fingerprint density at radius 3 is 2.69 bits per heavy atom. The van der Waals surface area contributed by atoms with Gasteiger partial charge in [0.2, 0.25) is 0 Å². The van der Waals surface area contributed by atoms with Gasteiger partial charge in [0.05, 0.1) is 27.9 Å². The van der Waals surface area contributed by atoms with E-state index in [9.17, 15) is 5.26 Å². The summed E-state index contributed by atoms with van der Waals surface area (Å²) in [5.74, 6) is 0. The quantitative estimate of drug-likeness (QED) is 0.811. The second-order valence-corrected chi connectivity index (χ2v) is 4.96. The molecule has 0 spiro atoms. The van der Waals surface area contributed by atoms with E-state index in [-0.39, 0.29) is 5.41 Å². The third kappa shape index (κ3) is 1.72. The first-order chi connectivity index (χ1) is 7.62. The molecule has 0 N–H and O–H groups in total. The summed E-state index contributed by atoms with van der Waals surface area (Å²) in [5, 5.41) is 14.4. The van der Waals surface area contributed by atoms with Crippen LogP contribution >= 0.6 is 11.6 Å². The predicted molar refractivity (Wildman–Crippen MR) is 63.2 cm³/mol. The van der Waals surface area contributed by atoms with E-state index >= 15 is 0 Å². The number of nitriles is 1. The van der Waals surface area contributed by atoms with Crippen molar-refractivity contribution in [2.45, 2.75) is 46.1 Å². The Labute approximate surface area is 101 Å². The number of nitrogens with zero attached hydrogens (tertiary/aromatic N) is 3. The Kier molecular flexibility index (Phi) is 2.94. The maximum Gasteiger partial charge on any atom is 0.0847 e. The first kappa shape index (κ1) is 11.5. The SMILES string of the molecule is CCn1nc(C)c(Cl)c1CC1(C#N)CCC1. The van der Waals surface area contributed by atoms with Crippen LogP contribution in [0.4, 0.5) is 0 Å². The fourth-order valence-corrected chi connectivity index (χ4v) is 2.49. The van der Waals surface area contributed by atoms with Crippen molar-refractivity contribution in [2.24, 2.45) is 5.41 Å². The summed E-state index contributed by atoms with van der Waals surface area (Å²) in [5.41, 5.74) is 1.72. The van der Waals surface area contributed by atoms with Crippen molar-refractivity contribution in [3.8, 4) is 6.07 Å². The molecule has 1 aromatic rings.